The van der Waals surface area contributed by atoms with E-state index in [1.54, 1.807) is 14.0 Å². The number of aromatic nitrogens is 2. The number of nitrogens with two attached hydrogens (primary N) is 1. The molecule has 0 spiro atoms. The highest BCUT2D eigenvalue weighted by atomic mass is 16.5. The standard InChI is InChI=1S/C13H19N3O2/c1-8(7-18-3)16-12-5-4-10(14)6-11(12)15-13(16)9(2)17/h4-6,8-9,17H,7,14H2,1-3H3. The number of rotatable bonds is 4. The Labute approximate surface area is 106 Å². The highest BCUT2D eigenvalue weighted by Gasteiger charge is 2.18. The van der Waals surface area contributed by atoms with Gasteiger partial charge in [-0.25, -0.2) is 4.98 Å². The number of hydrogen-bond acceptors (Lipinski definition) is 4. The number of nitrogens with zero attached hydrogens (tertiary/aromatic N) is 2. The summed E-state index contributed by atoms with van der Waals surface area (Å²) in [7, 11) is 1.66. The molecule has 2 aromatic rings. The van der Waals surface area contributed by atoms with Crippen LogP contribution in [0.2, 0.25) is 0 Å². The lowest BCUT2D eigenvalue weighted by Crippen LogP contribution is -2.15. The Morgan fingerprint density at radius 2 is 2.17 bits per heavy atom. The SMILES string of the molecule is COCC(C)n1c(C(C)O)nc2cc(N)ccc21. The van der Waals surface area contributed by atoms with Crippen molar-refractivity contribution in [1.29, 1.82) is 0 Å². The van der Waals surface area contributed by atoms with Gasteiger partial charge in [-0.3, -0.25) is 0 Å². The van der Waals surface area contributed by atoms with Gasteiger partial charge < -0.3 is 20.1 Å². The zero-order chi connectivity index (χ0) is 13.3. The summed E-state index contributed by atoms with van der Waals surface area (Å²) in [4.78, 5) is 4.45. The number of imidazole rings is 1. The van der Waals surface area contributed by atoms with Gasteiger partial charge in [0.1, 0.15) is 11.9 Å². The number of benzene rings is 1. The predicted molar refractivity (Wildman–Crippen MR) is 71.4 cm³/mol. The average Bonchev–Trinajstić information content (AvgIpc) is 2.67. The number of fused-ring (bicyclic) bond motifs is 1. The van der Waals surface area contributed by atoms with Crippen molar-refractivity contribution in [2.45, 2.75) is 26.0 Å². The van der Waals surface area contributed by atoms with E-state index < -0.39 is 6.10 Å². The van der Waals surface area contributed by atoms with E-state index in [1.807, 2.05) is 29.7 Å². The zero-order valence-electron chi connectivity index (χ0n) is 10.9. The van der Waals surface area contributed by atoms with Crippen molar-refractivity contribution in [3.8, 4) is 0 Å². The van der Waals surface area contributed by atoms with E-state index in [1.165, 1.54) is 0 Å². The average molecular weight is 249 g/mol. The molecule has 1 heterocycles. The molecule has 0 fully saturated rings. The minimum Gasteiger partial charge on any atom is -0.399 e. The van der Waals surface area contributed by atoms with E-state index in [0.717, 1.165) is 11.0 Å². The molecule has 0 amide bonds. The van der Waals surface area contributed by atoms with Gasteiger partial charge in [-0.1, -0.05) is 0 Å². The maximum absolute atomic E-state index is 9.84. The molecule has 0 saturated carbocycles. The normalized spacial score (nSPS) is 14.9. The van der Waals surface area contributed by atoms with E-state index in [-0.39, 0.29) is 6.04 Å². The molecular formula is C13H19N3O2. The van der Waals surface area contributed by atoms with Crippen LogP contribution in [0.15, 0.2) is 18.2 Å². The van der Waals surface area contributed by atoms with Crippen molar-refractivity contribution in [1.82, 2.24) is 9.55 Å². The second-order valence-electron chi connectivity index (χ2n) is 4.57. The lowest BCUT2D eigenvalue weighted by atomic mass is 10.2. The van der Waals surface area contributed by atoms with Gasteiger partial charge in [-0.15, -0.1) is 0 Å². The summed E-state index contributed by atoms with van der Waals surface area (Å²) in [6, 6.07) is 5.69. The predicted octanol–water partition coefficient (Wildman–Crippen LogP) is 1.88. The first kappa shape index (κ1) is 12.9. The lowest BCUT2D eigenvalue weighted by molar-refractivity contribution is 0.148. The van der Waals surface area contributed by atoms with Crippen molar-refractivity contribution < 1.29 is 9.84 Å². The maximum Gasteiger partial charge on any atom is 0.138 e. The van der Waals surface area contributed by atoms with Crippen LogP contribution >= 0.6 is 0 Å². The van der Waals surface area contributed by atoms with E-state index >= 15 is 0 Å². The summed E-state index contributed by atoms with van der Waals surface area (Å²) in [6.45, 7) is 4.31. The molecule has 0 aliphatic carbocycles. The molecule has 0 saturated heterocycles. The third-order valence-corrected chi connectivity index (χ3v) is 2.96. The van der Waals surface area contributed by atoms with E-state index in [9.17, 15) is 5.11 Å². The van der Waals surface area contributed by atoms with Crippen LogP contribution in [0, 0.1) is 0 Å². The van der Waals surface area contributed by atoms with Crippen LogP contribution < -0.4 is 5.73 Å². The summed E-state index contributed by atoms with van der Waals surface area (Å²) >= 11 is 0. The second-order valence-corrected chi connectivity index (χ2v) is 4.57. The van der Waals surface area contributed by atoms with Gasteiger partial charge in [0.15, 0.2) is 0 Å². The molecule has 98 valence electrons. The monoisotopic (exact) mass is 249 g/mol. The van der Waals surface area contributed by atoms with Gasteiger partial charge >= 0.3 is 0 Å². The Morgan fingerprint density at radius 1 is 1.44 bits per heavy atom. The van der Waals surface area contributed by atoms with Crippen molar-refractivity contribution in [2.75, 3.05) is 19.5 Å². The molecule has 0 aliphatic rings. The molecule has 2 unspecified atom stereocenters. The molecule has 2 rings (SSSR count). The van der Waals surface area contributed by atoms with Crippen molar-refractivity contribution in [3.63, 3.8) is 0 Å². The van der Waals surface area contributed by atoms with Gasteiger partial charge in [0.25, 0.3) is 0 Å². The Hall–Kier alpha value is -1.59. The molecule has 0 bridgehead atoms. The summed E-state index contributed by atoms with van der Waals surface area (Å²) in [5.74, 6) is 0.639. The van der Waals surface area contributed by atoms with Crippen molar-refractivity contribution in [3.05, 3.63) is 24.0 Å². The van der Waals surface area contributed by atoms with Crippen LogP contribution in [0.5, 0.6) is 0 Å². The summed E-state index contributed by atoms with van der Waals surface area (Å²) in [5.41, 5.74) is 8.19. The Balaban J connectivity index is 2.62. The van der Waals surface area contributed by atoms with Gasteiger partial charge in [-0.05, 0) is 32.0 Å². The number of aliphatic hydroxyl groups excluding tert-OH is 1. The van der Waals surface area contributed by atoms with Crippen LogP contribution in [-0.2, 0) is 4.74 Å². The molecule has 0 radical (unpaired) electrons. The Bertz CT molecular complexity index is 548. The Morgan fingerprint density at radius 3 is 2.78 bits per heavy atom. The highest BCUT2D eigenvalue weighted by Crippen LogP contribution is 2.26. The summed E-state index contributed by atoms with van der Waals surface area (Å²) < 4.78 is 7.18. The van der Waals surface area contributed by atoms with Crippen LogP contribution in [0.3, 0.4) is 0 Å². The molecular weight excluding hydrogens is 230 g/mol. The molecule has 2 atom stereocenters. The second kappa shape index (κ2) is 4.96. The fraction of sp³-hybridized carbons (Fsp3) is 0.462. The smallest absolute Gasteiger partial charge is 0.138 e. The fourth-order valence-corrected chi connectivity index (χ4v) is 2.21. The molecule has 5 heteroatoms. The summed E-state index contributed by atoms with van der Waals surface area (Å²) in [6.07, 6.45) is -0.627. The zero-order valence-corrected chi connectivity index (χ0v) is 10.9. The molecule has 1 aromatic heterocycles. The number of nitrogen functional groups attached to an aromatic ring is 1. The minimum absolute atomic E-state index is 0.105. The van der Waals surface area contributed by atoms with E-state index in [2.05, 4.69) is 4.98 Å². The molecule has 0 aliphatic heterocycles. The van der Waals surface area contributed by atoms with Gasteiger partial charge in [-0.2, -0.15) is 0 Å². The number of hydrogen-bond donors (Lipinski definition) is 2. The highest BCUT2D eigenvalue weighted by molar-refractivity contribution is 5.79. The topological polar surface area (TPSA) is 73.3 Å². The van der Waals surface area contributed by atoms with Crippen molar-refractivity contribution >= 4 is 16.7 Å². The van der Waals surface area contributed by atoms with Gasteiger partial charge in [0.05, 0.1) is 23.7 Å². The molecule has 1 aromatic carbocycles. The Kier molecular flexibility index (Phi) is 3.54. The number of ether oxygens (including phenoxy) is 1. The first-order valence-electron chi connectivity index (χ1n) is 5.99. The first-order valence-corrected chi connectivity index (χ1v) is 5.99. The lowest BCUT2D eigenvalue weighted by Gasteiger charge is -2.17. The summed E-state index contributed by atoms with van der Waals surface area (Å²) in [5, 5.41) is 9.84. The number of methoxy groups -OCH3 is 1. The van der Waals surface area contributed by atoms with Crippen LogP contribution in [0.4, 0.5) is 5.69 Å². The third kappa shape index (κ3) is 2.19. The van der Waals surface area contributed by atoms with Crippen LogP contribution in [0.1, 0.15) is 31.8 Å². The third-order valence-electron chi connectivity index (χ3n) is 2.96. The molecule has 5 nitrogen and oxygen atoms in total. The van der Waals surface area contributed by atoms with E-state index in [0.29, 0.717) is 18.1 Å². The molecule has 3 N–H and O–H groups in total. The van der Waals surface area contributed by atoms with Crippen LogP contribution in [-0.4, -0.2) is 28.4 Å². The molecule has 18 heavy (non-hydrogen) atoms. The van der Waals surface area contributed by atoms with Crippen molar-refractivity contribution in [2.24, 2.45) is 0 Å². The number of aliphatic hydroxyl groups is 1. The largest absolute Gasteiger partial charge is 0.399 e. The van der Waals surface area contributed by atoms with Gasteiger partial charge in [0, 0.05) is 12.8 Å². The fourth-order valence-electron chi connectivity index (χ4n) is 2.21. The van der Waals surface area contributed by atoms with Crippen LogP contribution in [0.25, 0.3) is 11.0 Å². The first-order chi connectivity index (χ1) is 8.54. The van der Waals surface area contributed by atoms with Gasteiger partial charge in [0.2, 0.25) is 0 Å². The quantitative estimate of drug-likeness (QED) is 0.811. The maximum atomic E-state index is 9.84. The number of anilines is 1. The minimum atomic E-state index is -0.627. The van der Waals surface area contributed by atoms with E-state index in [4.69, 9.17) is 10.5 Å².